The van der Waals surface area contributed by atoms with Crippen molar-refractivity contribution in [1.82, 2.24) is 15.5 Å². The summed E-state index contributed by atoms with van der Waals surface area (Å²) in [6.07, 6.45) is 9.67. The molecule has 1 amide bonds. The first-order chi connectivity index (χ1) is 11.3. The van der Waals surface area contributed by atoms with E-state index < -0.39 is 0 Å². The first-order valence-corrected chi connectivity index (χ1v) is 9.60. The Labute approximate surface area is 163 Å². The molecule has 1 unspecified atom stereocenters. The highest BCUT2D eigenvalue weighted by Gasteiger charge is 2.32. The molecule has 3 aliphatic rings. The molecule has 2 saturated carbocycles. The minimum atomic E-state index is 0. The van der Waals surface area contributed by atoms with Gasteiger partial charge in [-0.1, -0.05) is 25.7 Å². The maximum Gasteiger partial charge on any atom is 0.225 e. The van der Waals surface area contributed by atoms with Crippen molar-refractivity contribution < 1.29 is 4.79 Å². The van der Waals surface area contributed by atoms with Crippen molar-refractivity contribution in [3.63, 3.8) is 0 Å². The number of carbonyl (C=O) groups excluding carboxylic acids is 1. The van der Waals surface area contributed by atoms with Gasteiger partial charge in [0.15, 0.2) is 5.96 Å². The van der Waals surface area contributed by atoms with Crippen LogP contribution in [-0.4, -0.2) is 49.0 Å². The summed E-state index contributed by atoms with van der Waals surface area (Å²) in [4.78, 5) is 19.3. The molecule has 3 fully saturated rings. The van der Waals surface area contributed by atoms with Gasteiger partial charge in [0.1, 0.15) is 0 Å². The van der Waals surface area contributed by atoms with E-state index in [9.17, 15) is 4.79 Å². The van der Waals surface area contributed by atoms with Crippen LogP contribution in [0.3, 0.4) is 0 Å². The lowest BCUT2D eigenvalue weighted by Crippen LogP contribution is -2.45. The molecule has 0 spiro atoms. The third kappa shape index (κ3) is 5.77. The Morgan fingerprint density at radius 1 is 1.17 bits per heavy atom. The van der Waals surface area contributed by atoms with Crippen molar-refractivity contribution in [1.29, 1.82) is 0 Å². The summed E-state index contributed by atoms with van der Waals surface area (Å²) in [6.45, 7) is 5.63. The van der Waals surface area contributed by atoms with Crippen LogP contribution in [0.4, 0.5) is 0 Å². The van der Waals surface area contributed by atoms with E-state index in [0.29, 0.717) is 17.9 Å². The molecule has 0 aromatic heterocycles. The highest BCUT2D eigenvalue weighted by molar-refractivity contribution is 14.0. The molecule has 3 rings (SSSR count). The molecule has 6 heteroatoms. The van der Waals surface area contributed by atoms with E-state index in [4.69, 9.17) is 4.99 Å². The number of guanidine groups is 1. The fourth-order valence-electron chi connectivity index (χ4n) is 3.79. The largest absolute Gasteiger partial charge is 0.357 e. The molecule has 1 heterocycles. The second-order valence-electron chi connectivity index (χ2n) is 7.39. The molecule has 138 valence electrons. The van der Waals surface area contributed by atoms with Gasteiger partial charge in [-0.15, -0.1) is 24.0 Å². The third-order valence-corrected chi connectivity index (χ3v) is 5.39. The van der Waals surface area contributed by atoms with Gasteiger partial charge in [-0.3, -0.25) is 9.79 Å². The molecule has 2 N–H and O–H groups in total. The van der Waals surface area contributed by atoms with E-state index in [-0.39, 0.29) is 24.0 Å². The number of aliphatic imine (C=N–C) groups is 1. The summed E-state index contributed by atoms with van der Waals surface area (Å²) in [7, 11) is 0. The standard InChI is InChI=1S/C18H32N4O.HI/c1-2-19-18(20-11-9-14-7-8-14)21-16-10-12-22(13-16)17(23)15-5-3-4-6-15;/h14-16H,2-13H2,1H3,(H2,19,20,21);1H. The summed E-state index contributed by atoms with van der Waals surface area (Å²) in [5.74, 6) is 2.54. The number of hydrogen-bond donors (Lipinski definition) is 2. The monoisotopic (exact) mass is 448 g/mol. The summed E-state index contributed by atoms with van der Waals surface area (Å²) in [5, 5.41) is 6.87. The van der Waals surface area contributed by atoms with Crippen LogP contribution in [0.2, 0.25) is 0 Å². The highest BCUT2D eigenvalue weighted by atomic mass is 127. The lowest BCUT2D eigenvalue weighted by Gasteiger charge is -2.21. The van der Waals surface area contributed by atoms with Gasteiger partial charge in [0.25, 0.3) is 0 Å². The van der Waals surface area contributed by atoms with Crippen molar-refractivity contribution in [2.24, 2.45) is 16.8 Å². The number of rotatable bonds is 6. The predicted molar refractivity (Wildman–Crippen MR) is 109 cm³/mol. The molecule has 1 saturated heterocycles. The average molecular weight is 448 g/mol. The van der Waals surface area contributed by atoms with Gasteiger partial charge in [-0.05, 0) is 38.5 Å². The van der Waals surface area contributed by atoms with Crippen molar-refractivity contribution >= 4 is 35.8 Å². The second-order valence-corrected chi connectivity index (χ2v) is 7.39. The fraction of sp³-hybridized carbons (Fsp3) is 0.889. The summed E-state index contributed by atoms with van der Waals surface area (Å²) < 4.78 is 0. The minimum absolute atomic E-state index is 0. The molecular weight excluding hydrogens is 415 g/mol. The maximum absolute atomic E-state index is 12.5. The Balaban J connectivity index is 0.00000208. The third-order valence-electron chi connectivity index (χ3n) is 5.39. The number of halogens is 1. The number of nitrogens with zero attached hydrogens (tertiary/aromatic N) is 2. The summed E-state index contributed by atoms with van der Waals surface area (Å²) in [5.41, 5.74) is 0. The Kier molecular flexibility index (Phi) is 8.10. The topological polar surface area (TPSA) is 56.7 Å². The van der Waals surface area contributed by atoms with Gasteiger partial charge < -0.3 is 15.5 Å². The molecule has 0 radical (unpaired) electrons. The first-order valence-electron chi connectivity index (χ1n) is 9.60. The zero-order chi connectivity index (χ0) is 16.1. The molecule has 0 aromatic rings. The quantitative estimate of drug-likeness (QED) is 0.373. The van der Waals surface area contributed by atoms with Crippen LogP contribution in [-0.2, 0) is 4.79 Å². The van der Waals surface area contributed by atoms with Crippen molar-refractivity contribution in [3.8, 4) is 0 Å². The van der Waals surface area contributed by atoms with E-state index in [1.807, 2.05) is 0 Å². The van der Waals surface area contributed by atoms with Crippen molar-refractivity contribution in [2.75, 3.05) is 26.2 Å². The maximum atomic E-state index is 12.5. The predicted octanol–water partition coefficient (Wildman–Crippen LogP) is 2.75. The van der Waals surface area contributed by atoms with E-state index in [1.165, 1.54) is 32.1 Å². The molecule has 0 aromatic carbocycles. The van der Waals surface area contributed by atoms with Crippen LogP contribution < -0.4 is 10.6 Å². The van der Waals surface area contributed by atoms with E-state index in [0.717, 1.165) is 57.3 Å². The zero-order valence-corrected chi connectivity index (χ0v) is 17.3. The average Bonchev–Trinajstić information content (AvgIpc) is 3.04. The molecule has 1 atom stereocenters. The molecule has 0 bridgehead atoms. The molecule has 1 aliphatic heterocycles. The fourth-order valence-corrected chi connectivity index (χ4v) is 3.79. The van der Waals surface area contributed by atoms with Gasteiger partial charge in [0.2, 0.25) is 5.91 Å². The van der Waals surface area contributed by atoms with E-state index in [1.54, 1.807) is 0 Å². The number of hydrogen-bond acceptors (Lipinski definition) is 2. The Morgan fingerprint density at radius 2 is 1.92 bits per heavy atom. The summed E-state index contributed by atoms with van der Waals surface area (Å²) >= 11 is 0. The van der Waals surface area contributed by atoms with Crippen LogP contribution in [0.15, 0.2) is 4.99 Å². The van der Waals surface area contributed by atoms with E-state index in [2.05, 4.69) is 22.5 Å². The number of likely N-dealkylation sites (tertiary alicyclic amines) is 1. The molecule has 24 heavy (non-hydrogen) atoms. The van der Waals surface area contributed by atoms with Gasteiger partial charge in [0.05, 0.1) is 0 Å². The van der Waals surface area contributed by atoms with Crippen LogP contribution in [0.25, 0.3) is 0 Å². The first kappa shape index (κ1) is 19.8. The van der Waals surface area contributed by atoms with Crippen LogP contribution in [0, 0.1) is 11.8 Å². The smallest absolute Gasteiger partial charge is 0.225 e. The van der Waals surface area contributed by atoms with Crippen LogP contribution in [0.5, 0.6) is 0 Å². The second kappa shape index (κ2) is 9.82. The Bertz CT molecular complexity index is 433. The normalized spacial score (nSPS) is 24.8. The minimum Gasteiger partial charge on any atom is -0.357 e. The van der Waals surface area contributed by atoms with Crippen LogP contribution >= 0.6 is 24.0 Å². The zero-order valence-electron chi connectivity index (χ0n) is 14.9. The van der Waals surface area contributed by atoms with Crippen LogP contribution in [0.1, 0.15) is 58.3 Å². The molecule has 5 nitrogen and oxygen atoms in total. The van der Waals surface area contributed by atoms with Gasteiger partial charge >= 0.3 is 0 Å². The summed E-state index contributed by atoms with van der Waals surface area (Å²) in [6, 6.07) is 0.346. The SMILES string of the molecule is CCNC(=NCCC1CC1)NC1CCN(C(=O)C2CCCC2)C1.I. The van der Waals surface area contributed by atoms with E-state index >= 15 is 0 Å². The molecular formula is C18H33IN4O. The Hall–Kier alpha value is -0.530. The number of amides is 1. The lowest BCUT2D eigenvalue weighted by molar-refractivity contribution is -0.134. The van der Waals surface area contributed by atoms with Gasteiger partial charge in [0, 0.05) is 38.1 Å². The van der Waals surface area contributed by atoms with Crippen molar-refractivity contribution in [2.45, 2.75) is 64.3 Å². The number of nitrogens with one attached hydrogen (secondary N) is 2. The highest BCUT2D eigenvalue weighted by Crippen LogP contribution is 2.32. The van der Waals surface area contributed by atoms with Crippen molar-refractivity contribution in [3.05, 3.63) is 0 Å². The lowest BCUT2D eigenvalue weighted by atomic mass is 10.1. The van der Waals surface area contributed by atoms with Gasteiger partial charge in [-0.25, -0.2) is 0 Å². The van der Waals surface area contributed by atoms with Gasteiger partial charge in [-0.2, -0.15) is 0 Å². The Morgan fingerprint density at radius 3 is 2.58 bits per heavy atom. The number of carbonyl (C=O) groups is 1. The molecule has 2 aliphatic carbocycles.